The van der Waals surface area contributed by atoms with Crippen LogP contribution >= 0.6 is 15.9 Å². The molecule has 4 heterocycles. The maximum absolute atomic E-state index is 13.8. The first-order valence-corrected chi connectivity index (χ1v) is 16.7. The van der Waals surface area contributed by atoms with Crippen molar-refractivity contribution in [2.24, 2.45) is 0 Å². The van der Waals surface area contributed by atoms with Gasteiger partial charge in [0.15, 0.2) is 0 Å². The lowest BCUT2D eigenvalue weighted by Crippen LogP contribution is -2.30. The number of nitrogens with zero attached hydrogens (tertiary/aromatic N) is 2. The van der Waals surface area contributed by atoms with E-state index in [0.29, 0.717) is 49.9 Å². The molecule has 0 N–H and O–H groups in total. The Balaban J connectivity index is 1.65. The highest BCUT2D eigenvalue weighted by atomic mass is 79.9. The number of halogens is 1. The molecule has 2 aromatic carbocycles. The predicted octanol–water partition coefficient (Wildman–Crippen LogP) is 8.11. The molecule has 0 radical (unpaired) electrons. The summed E-state index contributed by atoms with van der Waals surface area (Å²) in [6, 6.07) is 4.96. The van der Waals surface area contributed by atoms with Gasteiger partial charge in [-0.05, 0) is 47.0 Å². The number of benzene rings is 2. The van der Waals surface area contributed by atoms with Gasteiger partial charge in [0.05, 0.1) is 5.39 Å². The molecule has 0 aliphatic carbocycles. The molecule has 0 aliphatic rings. The van der Waals surface area contributed by atoms with Gasteiger partial charge in [-0.3, -0.25) is 28.3 Å². The van der Waals surface area contributed by atoms with Crippen LogP contribution in [0.2, 0.25) is 0 Å². The monoisotopic (exact) mass is 624 g/mol. The highest BCUT2D eigenvalue weighted by Crippen LogP contribution is 2.33. The molecule has 0 unspecified atom stereocenters. The van der Waals surface area contributed by atoms with Crippen LogP contribution in [0.25, 0.3) is 32.3 Å². The van der Waals surface area contributed by atoms with Crippen molar-refractivity contribution in [3.63, 3.8) is 0 Å². The molecular formula is C34H45BrN2O4. The molecule has 0 saturated carbocycles. The predicted molar refractivity (Wildman–Crippen MR) is 175 cm³/mol. The van der Waals surface area contributed by atoms with Gasteiger partial charge >= 0.3 is 0 Å². The third kappa shape index (κ3) is 6.93. The standard InChI is InChI=1S/C34H45BrN2O4/c1-3-5-7-9-11-13-15-17-21-36-31(38)24-19-20-25(32(36)39)29-28(24)26-23-27(35)30(29)34(41)37(33(26)40)22-18-16-14-12-10-8-6-4-2/h19-20,23H,3-18,21-22H2,1-2H3. The molecule has 0 spiro atoms. The summed E-state index contributed by atoms with van der Waals surface area (Å²) in [5, 5.41) is 2.14. The number of unbranched alkanes of at least 4 members (excludes halogenated alkanes) is 14. The molecule has 0 aliphatic heterocycles. The second kappa shape index (κ2) is 15.1. The highest BCUT2D eigenvalue weighted by molar-refractivity contribution is 9.10. The van der Waals surface area contributed by atoms with Crippen molar-refractivity contribution in [2.75, 3.05) is 0 Å². The fraction of sp³-hybridized carbons (Fsp3) is 0.588. The Hall–Kier alpha value is -2.54. The van der Waals surface area contributed by atoms with Crippen molar-refractivity contribution in [1.29, 1.82) is 0 Å². The van der Waals surface area contributed by atoms with Crippen molar-refractivity contribution < 1.29 is 0 Å². The Morgan fingerprint density at radius 3 is 1.37 bits per heavy atom. The van der Waals surface area contributed by atoms with Gasteiger partial charge in [0.1, 0.15) is 0 Å². The molecule has 41 heavy (non-hydrogen) atoms. The van der Waals surface area contributed by atoms with E-state index in [1.165, 1.54) is 73.3 Å². The highest BCUT2D eigenvalue weighted by Gasteiger charge is 2.22. The molecule has 0 atom stereocenters. The van der Waals surface area contributed by atoms with Crippen molar-refractivity contribution in [3.8, 4) is 0 Å². The van der Waals surface area contributed by atoms with Gasteiger partial charge in [-0.2, -0.15) is 0 Å². The first-order valence-electron chi connectivity index (χ1n) is 15.9. The maximum atomic E-state index is 13.8. The van der Waals surface area contributed by atoms with Crippen LogP contribution in [0, 0.1) is 0 Å². The average Bonchev–Trinajstić information content (AvgIpc) is 3.22. The van der Waals surface area contributed by atoms with Crippen molar-refractivity contribution in [3.05, 3.63) is 64.1 Å². The van der Waals surface area contributed by atoms with Crippen LogP contribution < -0.4 is 22.2 Å². The SMILES string of the molecule is CCCCCCCCCCn1c(=O)c2ccc(c1=O)c1c3c(Br)cc(c(=O)n(CCCCCCCCCC)c3=O)c21. The lowest BCUT2D eigenvalue weighted by molar-refractivity contribution is 0.534. The van der Waals surface area contributed by atoms with E-state index in [1.54, 1.807) is 18.2 Å². The summed E-state index contributed by atoms with van der Waals surface area (Å²) in [6.45, 7) is 5.09. The normalized spacial score (nSPS) is 12.0. The second-order valence-electron chi connectivity index (χ2n) is 11.7. The van der Waals surface area contributed by atoms with Gasteiger partial charge in [-0.25, -0.2) is 0 Å². The largest absolute Gasteiger partial charge is 0.274 e. The van der Waals surface area contributed by atoms with Crippen LogP contribution in [-0.4, -0.2) is 9.13 Å². The summed E-state index contributed by atoms with van der Waals surface area (Å²) < 4.78 is 3.12. The number of rotatable bonds is 18. The summed E-state index contributed by atoms with van der Waals surface area (Å²) >= 11 is 3.52. The Bertz CT molecular complexity index is 1670. The summed E-state index contributed by atoms with van der Waals surface area (Å²) in [7, 11) is 0. The van der Waals surface area contributed by atoms with Crippen LogP contribution in [-0.2, 0) is 13.1 Å². The smallest absolute Gasteiger partial charge is 0.262 e. The summed E-state index contributed by atoms with van der Waals surface area (Å²) in [6.07, 6.45) is 17.9. The number of fused-ring (bicyclic) bond motifs is 6. The van der Waals surface area contributed by atoms with Gasteiger partial charge in [0, 0.05) is 44.5 Å². The lowest BCUT2D eigenvalue weighted by atomic mass is 10.00. The van der Waals surface area contributed by atoms with Crippen molar-refractivity contribution in [1.82, 2.24) is 9.13 Å². The van der Waals surface area contributed by atoms with Crippen LogP contribution in [0.4, 0.5) is 0 Å². The second-order valence-corrected chi connectivity index (χ2v) is 12.5. The molecule has 6 rings (SSSR count). The third-order valence-corrected chi connectivity index (χ3v) is 9.22. The van der Waals surface area contributed by atoms with E-state index in [9.17, 15) is 19.2 Å². The van der Waals surface area contributed by atoms with Crippen LogP contribution in [0.1, 0.15) is 117 Å². The minimum atomic E-state index is -0.398. The van der Waals surface area contributed by atoms with Crippen LogP contribution in [0.15, 0.2) is 41.8 Å². The van der Waals surface area contributed by atoms with E-state index in [-0.39, 0.29) is 16.7 Å². The average molecular weight is 626 g/mol. The molecule has 4 bridgehead atoms. The van der Waals surface area contributed by atoms with Gasteiger partial charge in [-0.1, -0.05) is 104 Å². The fourth-order valence-electron chi connectivity index (χ4n) is 6.24. The van der Waals surface area contributed by atoms with E-state index in [0.717, 1.165) is 38.5 Å². The number of aromatic nitrogens is 2. The van der Waals surface area contributed by atoms with Crippen LogP contribution in [0.3, 0.4) is 0 Å². The summed E-state index contributed by atoms with van der Waals surface area (Å²) in [5.74, 6) is 0. The van der Waals surface area contributed by atoms with E-state index < -0.39 is 5.56 Å². The topological polar surface area (TPSA) is 78.1 Å². The minimum Gasteiger partial charge on any atom is -0.274 e. The Morgan fingerprint density at radius 1 is 0.488 bits per heavy atom. The molecule has 6 aromatic rings. The van der Waals surface area contributed by atoms with Gasteiger partial charge in [-0.15, -0.1) is 0 Å². The Labute approximate surface area is 250 Å². The van der Waals surface area contributed by atoms with Crippen LogP contribution in [0.5, 0.6) is 0 Å². The molecule has 222 valence electrons. The van der Waals surface area contributed by atoms with Crippen molar-refractivity contribution >= 4 is 48.2 Å². The molecule has 4 aromatic heterocycles. The molecule has 0 amide bonds. The van der Waals surface area contributed by atoms with Gasteiger partial charge in [0.2, 0.25) is 0 Å². The third-order valence-electron chi connectivity index (χ3n) is 8.59. The van der Waals surface area contributed by atoms with Gasteiger partial charge in [0.25, 0.3) is 22.2 Å². The van der Waals surface area contributed by atoms with E-state index in [2.05, 4.69) is 29.8 Å². The van der Waals surface area contributed by atoms with E-state index >= 15 is 0 Å². The molecule has 7 heteroatoms. The molecule has 6 nitrogen and oxygen atoms in total. The number of hydrogen-bond acceptors (Lipinski definition) is 4. The van der Waals surface area contributed by atoms with E-state index in [1.807, 2.05) is 0 Å². The zero-order chi connectivity index (χ0) is 29.4. The Morgan fingerprint density at radius 2 is 0.878 bits per heavy atom. The zero-order valence-electron chi connectivity index (χ0n) is 24.9. The molecule has 0 fully saturated rings. The maximum Gasteiger partial charge on any atom is 0.262 e. The first-order chi connectivity index (χ1) is 19.9. The Kier molecular flexibility index (Phi) is 11.5. The summed E-state index contributed by atoms with van der Waals surface area (Å²) in [5.41, 5.74) is -1.55. The van der Waals surface area contributed by atoms with Crippen molar-refractivity contribution in [2.45, 2.75) is 130 Å². The quantitative estimate of drug-likeness (QED) is 0.105. The summed E-state index contributed by atoms with van der Waals surface area (Å²) in [4.78, 5) is 55.0. The minimum absolute atomic E-state index is 0.307. The lowest BCUT2D eigenvalue weighted by Gasteiger charge is -2.04. The van der Waals surface area contributed by atoms with E-state index in [4.69, 9.17) is 0 Å². The first kappa shape index (κ1) is 31.4. The van der Waals surface area contributed by atoms with Gasteiger partial charge < -0.3 is 0 Å². The molecule has 0 saturated heterocycles. The molecular weight excluding hydrogens is 580 g/mol. The fourth-order valence-corrected chi connectivity index (χ4v) is 6.83. The number of hydrogen-bond donors (Lipinski definition) is 0. The zero-order valence-corrected chi connectivity index (χ0v) is 26.5.